The molecule has 2 N–H and O–H groups in total. The van der Waals surface area contributed by atoms with Gasteiger partial charge in [-0.25, -0.2) is 0 Å². The van der Waals surface area contributed by atoms with Gasteiger partial charge in [-0.3, -0.25) is 9.78 Å². The summed E-state index contributed by atoms with van der Waals surface area (Å²) in [5, 5.41) is 0. The van der Waals surface area contributed by atoms with Gasteiger partial charge < -0.3 is 10.6 Å². The molecule has 0 fully saturated rings. The molecule has 1 amide bonds. The van der Waals surface area contributed by atoms with Crippen molar-refractivity contribution in [3.05, 3.63) is 30.1 Å². The van der Waals surface area contributed by atoms with E-state index in [4.69, 9.17) is 5.73 Å². The molecule has 4 nitrogen and oxygen atoms in total. The van der Waals surface area contributed by atoms with Crippen LogP contribution in [-0.2, 0) is 11.3 Å². The maximum absolute atomic E-state index is 11.9. The van der Waals surface area contributed by atoms with Gasteiger partial charge in [0.15, 0.2) is 0 Å². The van der Waals surface area contributed by atoms with Gasteiger partial charge in [-0.1, -0.05) is 6.07 Å². The van der Waals surface area contributed by atoms with Crippen LogP contribution >= 0.6 is 0 Å². The van der Waals surface area contributed by atoms with Crippen LogP contribution in [0.1, 0.15) is 26.5 Å². The zero-order valence-corrected chi connectivity index (χ0v) is 10.1. The lowest BCUT2D eigenvalue weighted by Crippen LogP contribution is -2.45. The number of hydrogen-bond donors (Lipinski definition) is 1. The fourth-order valence-corrected chi connectivity index (χ4v) is 1.44. The van der Waals surface area contributed by atoms with Crippen LogP contribution in [0.15, 0.2) is 24.4 Å². The first-order chi connectivity index (χ1) is 7.52. The first-order valence-corrected chi connectivity index (χ1v) is 5.48. The molecule has 0 saturated heterocycles. The Hall–Kier alpha value is -1.42. The smallest absolute Gasteiger partial charge is 0.239 e. The van der Waals surface area contributed by atoms with E-state index in [0.717, 1.165) is 5.69 Å². The Morgan fingerprint density at radius 3 is 2.56 bits per heavy atom. The highest BCUT2D eigenvalue weighted by Crippen LogP contribution is 2.07. The standard InChI is InChI=1S/C12H19N3O/c1-9(2)15(12(16)10(3)13)8-11-6-4-5-7-14-11/h4-7,9-10H,8,13H2,1-3H3/t10-/m1/s1. The number of carbonyl (C=O) groups is 1. The minimum absolute atomic E-state index is 0.0411. The molecule has 0 aliphatic heterocycles. The van der Waals surface area contributed by atoms with Gasteiger partial charge in [-0.05, 0) is 32.9 Å². The molecule has 0 bridgehead atoms. The van der Waals surface area contributed by atoms with Crippen molar-refractivity contribution < 1.29 is 4.79 Å². The molecule has 88 valence electrons. The summed E-state index contributed by atoms with van der Waals surface area (Å²) in [5.41, 5.74) is 6.50. The van der Waals surface area contributed by atoms with Crippen LogP contribution in [0, 0.1) is 0 Å². The third-order valence-corrected chi connectivity index (χ3v) is 2.35. The first-order valence-electron chi connectivity index (χ1n) is 5.48. The molecule has 0 spiro atoms. The molecule has 0 saturated carbocycles. The van der Waals surface area contributed by atoms with E-state index in [1.807, 2.05) is 32.0 Å². The average Bonchev–Trinajstić information content (AvgIpc) is 2.26. The molecule has 16 heavy (non-hydrogen) atoms. The predicted molar refractivity (Wildman–Crippen MR) is 63.6 cm³/mol. The molecule has 0 aliphatic rings. The molecular weight excluding hydrogens is 202 g/mol. The number of pyridine rings is 1. The van der Waals surface area contributed by atoms with Gasteiger partial charge in [0, 0.05) is 12.2 Å². The van der Waals surface area contributed by atoms with Crippen molar-refractivity contribution in [3.63, 3.8) is 0 Å². The van der Waals surface area contributed by atoms with Crippen molar-refractivity contribution in [2.24, 2.45) is 5.73 Å². The number of aromatic nitrogens is 1. The second kappa shape index (κ2) is 5.61. The summed E-state index contributed by atoms with van der Waals surface area (Å²) in [5.74, 6) is -0.0411. The summed E-state index contributed by atoms with van der Waals surface area (Å²) in [6, 6.07) is 5.34. The highest BCUT2D eigenvalue weighted by molar-refractivity contribution is 5.81. The van der Waals surface area contributed by atoms with Crippen molar-refractivity contribution in [1.82, 2.24) is 9.88 Å². The molecule has 1 aromatic heterocycles. The highest BCUT2D eigenvalue weighted by atomic mass is 16.2. The molecule has 0 unspecified atom stereocenters. The lowest BCUT2D eigenvalue weighted by atomic mass is 10.2. The molecule has 0 aliphatic carbocycles. The van der Waals surface area contributed by atoms with E-state index in [-0.39, 0.29) is 11.9 Å². The Kier molecular flexibility index (Phi) is 4.43. The highest BCUT2D eigenvalue weighted by Gasteiger charge is 2.20. The maximum Gasteiger partial charge on any atom is 0.239 e. The van der Waals surface area contributed by atoms with Gasteiger partial charge in [-0.2, -0.15) is 0 Å². The van der Waals surface area contributed by atoms with Crippen LogP contribution < -0.4 is 5.73 Å². The zero-order valence-electron chi connectivity index (χ0n) is 10.1. The molecular formula is C12H19N3O. The normalized spacial score (nSPS) is 12.6. The Labute approximate surface area is 96.5 Å². The third-order valence-electron chi connectivity index (χ3n) is 2.35. The fraction of sp³-hybridized carbons (Fsp3) is 0.500. The molecule has 1 rings (SSSR count). The fourth-order valence-electron chi connectivity index (χ4n) is 1.44. The van der Waals surface area contributed by atoms with E-state index in [1.165, 1.54) is 0 Å². The molecule has 4 heteroatoms. The summed E-state index contributed by atoms with van der Waals surface area (Å²) < 4.78 is 0. The van der Waals surface area contributed by atoms with Crippen molar-refractivity contribution >= 4 is 5.91 Å². The molecule has 0 aromatic carbocycles. The number of hydrogen-bond acceptors (Lipinski definition) is 3. The Morgan fingerprint density at radius 2 is 2.12 bits per heavy atom. The largest absolute Gasteiger partial charge is 0.333 e. The minimum atomic E-state index is -0.467. The van der Waals surface area contributed by atoms with E-state index in [9.17, 15) is 4.79 Å². The van der Waals surface area contributed by atoms with Crippen LogP contribution in [-0.4, -0.2) is 27.9 Å². The van der Waals surface area contributed by atoms with Crippen LogP contribution in [0.4, 0.5) is 0 Å². The Balaban J connectivity index is 2.77. The number of amides is 1. The van der Waals surface area contributed by atoms with E-state index in [0.29, 0.717) is 6.54 Å². The topological polar surface area (TPSA) is 59.2 Å². The Morgan fingerprint density at radius 1 is 1.44 bits per heavy atom. The quantitative estimate of drug-likeness (QED) is 0.830. The molecule has 1 aromatic rings. The van der Waals surface area contributed by atoms with Gasteiger partial charge in [0.1, 0.15) is 0 Å². The summed E-state index contributed by atoms with van der Waals surface area (Å²) in [6.45, 7) is 6.17. The predicted octanol–water partition coefficient (Wildman–Crippen LogP) is 1.17. The second-order valence-electron chi connectivity index (χ2n) is 4.17. The summed E-state index contributed by atoms with van der Waals surface area (Å²) in [4.78, 5) is 17.8. The number of carbonyl (C=O) groups excluding carboxylic acids is 1. The number of rotatable bonds is 4. The summed E-state index contributed by atoms with van der Waals surface area (Å²) >= 11 is 0. The third kappa shape index (κ3) is 3.31. The maximum atomic E-state index is 11.9. The minimum Gasteiger partial charge on any atom is -0.333 e. The first kappa shape index (κ1) is 12.6. The van der Waals surface area contributed by atoms with Gasteiger partial charge >= 0.3 is 0 Å². The lowest BCUT2D eigenvalue weighted by molar-refractivity contribution is -0.134. The van der Waals surface area contributed by atoms with E-state index >= 15 is 0 Å². The van der Waals surface area contributed by atoms with Gasteiger partial charge in [0.25, 0.3) is 0 Å². The number of nitrogens with zero attached hydrogens (tertiary/aromatic N) is 2. The van der Waals surface area contributed by atoms with Crippen LogP contribution in [0.5, 0.6) is 0 Å². The molecule has 1 atom stereocenters. The average molecular weight is 221 g/mol. The van der Waals surface area contributed by atoms with Crippen molar-refractivity contribution in [2.75, 3.05) is 0 Å². The van der Waals surface area contributed by atoms with Crippen LogP contribution in [0.25, 0.3) is 0 Å². The van der Waals surface area contributed by atoms with Crippen LogP contribution in [0.2, 0.25) is 0 Å². The molecule has 1 heterocycles. The SMILES string of the molecule is CC(C)N(Cc1ccccn1)C(=O)[C@@H](C)N. The van der Waals surface area contributed by atoms with Crippen molar-refractivity contribution in [1.29, 1.82) is 0 Å². The van der Waals surface area contributed by atoms with Gasteiger partial charge in [-0.15, -0.1) is 0 Å². The summed E-state index contributed by atoms with van der Waals surface area (Å²) in [7, 11) is 0. The summed E-state index contributed by atoms with van der Waals surface area (Å²) in [6.07, 6.45) is 1.73. The van der Waals surface area contributed by atoms with Gasteiger partial charge in [0.2, 0.25) is 5.91 Å². The lowest BCUT2D eigenvalue weighted by Gasteiger charge is -2.28. The van der Waals surface area contributed by atoms with Crippen molar-refractivity contribution in [2.45, 2.75) is 39.4 Å². The zero-order chi connectivity index (χ0) is 12.1. The van der Waals surface area contributed by atoms with E-state index < -0.39 is 6.04 Å². The number of nitrogens with two attached hydrogens (primary N) is 1. The van der Waals surface area contributed by atoms with Crippen molar-refractivity contribution in [3.8, 4) is 0 Å². The monoisotopic (exact) mass is 221 g/mol. The van der Waals surface area contributed by atoms with E-state index in [2.05, 4.69) is 4.98 Å². The Bertz CT molecular complexity index is 335. The second-order valence-corrected chi connectivity index (χ2v) is 4.17. The van der Waals surface area contributed by atoms with E-state index in [1.54, 1.807) is 18.0 Å². The van der Waals surface area contributed by atoms with Gasteiger partial charge in [0.05, 0.1) is 18.3 Å². The van der Waals surface area contributed by atoms with Crippen LogP contribution in [0.3, 0.4) is 0 Å². The molecule has 0 radical (unpaired) electrons.